The van der Waals surface area contributed by atoms with Gasteiger partial charge in [-0.3, -0.25) is 9.63 Å². The lowest BCUT2D eigenvalue weighted by atomic mass is 9.45. The van der Waals surface area contributed by atoms with Gasteiger partial charge in [0.15, 0.2) is 17.1 Å². The first-order valence-corrected chi connectivity index (χ1v) is 12.1. The fourth-order valence-electron chi connectivity index (χ4n) is 8.36. The number of halogens is 1. The average molecular weight is 472 g/mol. The van der Waals surface area contributed by atoms with Crippen LogP contribution in [0, 0.1) is 28.6 Å². The molecule has 0 amide bonds. The molecule has 0 aromatic carbocycles. The number of hydrogen-bond donors (Lipinski definition) is 2. The summed E-state index contributed by atoms with van der Waals surface area (Å²) in [5, 5.41) is 23.6. The zero-order valence-corrected chi connectivity index (χ0v) is 19.4. The molecular formula is C26H30FNO6. The molecule has 8 heteroatoms. The molecule has 5 aliphatic rings. The van der Waals surface area contributed by atoms with Crippen molar-refractivity contribution in [3.63, 3.8) is 0 Å². The third kappa shape index (κ3) is 2.46. The van der Waals surface area contributed by atoms with Crippen LogP contribution in [0.3, 0.4) is 0 Å². The number of hydroxylamine groups is 2. The van der Waals surface area contributed by atoms with Crippen LogP contribution in [0.2, 0.25) is 0 Å². The molecule has 2 heterocycles. The van der Waals surface area contributed by atoms with Crippen LogP contribution in [-0.4, -0.2) is 50.9 Å². The number of carboxylic acids is 1. The van der Waals surface area contributed by atoms with Crippen molar-refractivity contribution in [3.8, 4) is 0 Å². The van der Waals surface area contributed by atoms with E-state index in [9.17, 15) is 19.8 Å². The highest BCUT2D eigenvalue weighted by Gasteiger charge is 2.79. The van der Waals surface area contributed by atoms with Crippen LogP contribution in [0.4, 0.5) is 4.39 Å². The predicted molar refractivity (Wildman–Crippen MR) is 118 cm³/mol. The molecule has 4 aliphatic carbocycles. The van der Waals surface area contributed by atoms with Crippen LogP contribution in [-0.2, 0) is 21.0 Å². The number of furan rings is 1. The number of allylic oxidation sites excluding steroid dienone is 4. The summed E-state index contributed by atoms with van der Waals surface area (Å²) in [7, 11) is 0. The fourth-order valence-corrected chi connectivity index (χ4v) is 8.36. The summed E-state index contributed by atoms with van der Waals surface area (Å²) in [6.07, 6.45) is 6.21. The zero-order chi connectivity index (χ0) is 24.1. The lowest BCUT2D eigenvalue weighted by Crippen LogP contribution is -2.69. The normalized spacial score (nSPS) is 47.5. The average Bonchev–Trinajstić information content (AvgIpc) is 3.46. The SMILES string of the molecule is C[C@]12C=CC(=O)C=C1CC[C@H]1[C@@H]3C[C@H]4CN(Cc5ccco5)O[C@@]4(C(=O)O)[C@@]3(C)C[C@H](O)[C@@]12F. The monoisotopic (exact) mass is 471 g/mol. The molecule has 6 rings (SSSR count). The summed E-state index contributed by atoms with van der Waals surface area (Å²) in [6, 6.07) is 3.59. The Bertz CT molecular complexity index is 1110. The maximum atomic E-state index is 17.2. The first kappa shape index (κ1) is 22.2. The van der Waals surface area contributed by atoms with Gasteiger partial charge in [0.2, 0.25) is 0 Å². The van der Waals surface area contributed by atoms with E-state index in [0.717, 1.165) is 0 Å². The van der Waals surface area contributed by atoms with E-state index in [4.69, 9.17) is 9.25 Å². The van der Waals surface area contributed by atoms with E-state index in [1.165, 1.54) is 12.2 Å². The molecule has 1 aliphatic heterocycles. The van der Waals surface area contributed by atoms with Crippen molar-refractivity contribution in [2.75, 3.05) is 6.54 Å². The molecular weight excluding hydrogens is 441 g/mol. The topological polar surface area (TPSA) is 100 Å². The van der Waals surface area contributed by atoms with Crippen LogP contribution >= 0.6 is 0 Å². The number of carbonyl (C=O) groups excluding carboxylic acids is 1. The maximum Gasteiger partial charge on any atom is 0.339 e. The van der Waals surface area contributed by atoms with Crippen LogP contribution in [0.25, 0.3) is 0 Å². The second-order valence-electron chi connectivity index (χ2n) is 11.2. The zero-order valence-electron chi connectivity index (χ0n) is 19.4. The molecule has 1 aromatic heterocycles. The van der Waals surface area contributed by atoms with Crippen molar-refractivity contribution < 1.29 is 33.4 Å². The number of hydrogen-bond acceptors (Lipinski definition) is 6. The summed E-state index contributed by atoms with van der Waals surface area (Å²) in [6.45, 7) is 4.35. The number of alkyl halides is 1. The van der Waals surface area contributed by atoms with Crippen molar-refractivity contribution in [2.45, 2.75) is 63.4 Å². The minimum absolute atomic E-state index is 0.0211. The van der Waals surface area contributed by atoms with Gasteiger partial charge in [0, 0.05) is 29.2 Å². The number of ketones is 1. The Morgan fingerprint density at radius 2 is 2.12 bits per heavy atom. The Morgan fingerprint density at radius 3 is 2.82 bits per heavy atom. The molecule has 8 atom stereocenters. The van der Waals surface area contributed by atoms with Gasteiger partial charge in [-0.1, -0.05) is 18.6 Å². The summed E-state index contributed by atoms with van der Waals surface area (Å²) in [5.41, 5.74) is -4.85. The van der Waals surface area contributed by atoms with Gasteiger partial charge < -0.3 is 14.6 Å². The van der Waals surface area contributed by atoms with Crippen molar-refractivity contribution >= 4 is 11.8 Å². The van der Waals surface area contributed by atoms with E-state index in [1.807, 2.05) is 13.0 Å². The van der Waals surface area contributed by atoms with Crippen molar-refractivity contribution in [2.24, 2.45) is 28.6 Å². The van der Waals surface area contributed by atoms with E-state index in [2.05, 4.69) is 0 Å². The van der Waals surface area contributed by atoms with Gasteiger partial charge in [-0.2, -0.15) is 5.06 Å². The van der Waals surface area contributed by atoms with Gasteiger partial charge in [-0.25, -0.2) is 9.18 Å². The molecule has 2 N–H and O–H groups in total. The van der Waals surface area contributed by atoms with E-state index < -0.39 is 40.1 Å². The van der Waals surface area contributed by atoms with E-state index in [0.29, 0.717) is 43.7 Å². The number of rotatable bonds is 3. The number of fused-ring (bicyclic) bond motifs is 7. The number of carbonyl (C=O) groups is 2. The van der Waals surface area contributed by atoms with Crippen LogP contribution < -0.4 is 0 Å². The molecule has 4 fully saturated rings. The van der Waals surface area contributed by atoms with Crippen LogP contribution in [0.5, 0.6) is 0 Å². The van der Waals surface area contributed by atoms with Crippen LogP contribution in [0.1, 0.15) is 45.3 Å². The van der Waals surface area contributed by atoms with Gasteiger partial charge in [0.05, 0.1) is 18.9 Å². The fraction of sp³-hybridized carbons (Fsp3) is 0.615. The van der Waals surface area contributed by atoms with Gasteiger partial charge in [-0.15, -0.1) is 0 Å². The molecule has 0 spiro atoms. The van der Waals surface area contributed by atoms with Gasteiger partial charge in [-0.05, 0) is 62.8 Å². The minimum Gasteiger partial charge on any atom is -0.479 e. The van der Waals surface area contributed by atoms with Crippen molar-refractivity contribution in [1.29, 1.82) is 0 Å². The highest BCUT2D eigenvalue weighted by Crippen LogP contribution is 2.72. The first-order chi connectivity index (χ1) is 16.1. The smallest absolute Gasteiger partial charge is 0.339 e. The standard InChI is InChI=1S/C26H30FNO6/c1-23-8-7-17(29)10-15(23)5-6-19-20-11-16-13-28(14-18-4-3-9-33-18)34-26(16,22(31)32)24(20,2)12-21(30)25(19,23)27/h3-4,7-10,16,19-21,30H,5-6,11-14H2,1-2H3,(H,31,32)/t16-,19-,20-,21-,23-,24-,25-,26-/m0/s1. The number of carboxylic acid groups (broad SMARTS) is 1. The number of aliphatic hydroxyl groups is 1. The maximum absolute atomic E-state index is 17.2. The highest BCUT2D eigenvalue weighted by atomic mass is 19.1. The van der Waals surface area contributed by atoms with Crippen molar-refractivity contribution in [3.05, 3.63) is 48.0 Å². The number of aliphatic hydroxyl groups excluding tert-OH is 1. The molecule has 1 aromatic rings. The third-order valence-electron chi connectivity index (χ3n) is 9.92. The van der Waals surface area contributed by atoms with Gasteiger partial charge >= 0.3 is 5.97 Å². The van der Waals surface area contributed by atoms with E-state index >= 15 is 4.39 Å². The van der Waals surface area contributed by atoms with E-state index in [1.54, 1.807) is 30.4 Å². The summed E-state index contributed by atoms with van der Waals surface area (Å²) in [4.78, 5) is 31.1. The Kier molecular flexibility index (Phi) is 4.50. The summed E-state index contributed by atoms with van der Waals surface area (Å²) in [5.74, 6) is -1.68. The molecule has 0 radical (unpaired) electrons. The lowest BCUT2D eigenvalue weighted by Gasteiger charge is -2.62. The molecule has 0 unspecified atom stereocenters. The Balaban J connectivity index is 1.39. The van der Waals surface area contributed by atoms with E-state index in [-0.39, 0.29) is 24.0 Å². The largest absolute Gasteiger partial charge is 0.479 e. The third-order valence-corrected chi connectivity index (χ3v) is 9.92. The molecule has 34 heavy (non-hydrogen) atoms. The Morgan fingerprint density at radius 1 is 1.32 bits per heavy atom. The minimum atomic E-state index is -1.98. The number of aliphatic carboxylic acids is 1. The molecule has 182 valence electrons. The molecule has 7 nitrogen and oxygen atoms in total. The Hall–Kier alpha value is -2.29. The Labute approximate surface area is 197 Å². The second kappa shape index (κ2) is 6.89. The summed E-state index contributed by atoms with van der Waals surface area (Å²) < 4.78 is 22.7. The molecule has 1 saturated heterocycles. The predicted octanol–water partition coefficient (Wildman–Crippen LogP) is 3.45. The van der Waals surface area contributed by atoms with Crippen LogP contribution in [0.15, 0.2) is 46.6 Å². The summed E-state index contributed by atoms with van der Waals surface area (Å²) >= 11 is 0. The number of nitrogens with zero attached hydrogens (tertiary/aromatic N) is 1. The lowest BCUT2D eigenvalue weighted by molar-refractivity contribution is -0.275. The van der Waals surface area contributed by atoms with Crippen molar-refractivity contribution in [1.82, 2.24) is 5.06 Å². The molecule has 3 saturated carbocycles. The molecule has 0 bridgehead atoms. The second-order valence-corrected chi connectivity index (χ2v) is 11.2. The van der Waals surface area contributed by atoms with Gasteiger partial charge in [0.25, 0.3) is 0 Å². The van der Waals surface area contributed by atoms with Gasteiger partial charge in [0.1, 0.15) is 5.76 Å². The first-order valence-electron chi connectivity index (χ1n) is 12.1. The quantitative estimate of drug-likeness (QED) is 0.697. The highest BCUT2D eigenvalue weighted by molar-refractivity contribution is 6.01.